The Kier molecular flexibility index (Phi) is 15.7. The first-order valence-corrected chi connectivity index (χ1v) is 10.0. The monoisotopic (exact) mass is 313 g/mol. The van der Waals surface area contributed by atoms with Crippen LogP contribution in [0.3, 0.4) is 0 Å². The van der Waals surface area contributed by atoms with Crippen LogP contribution in [0, 0.1) is 11.8 Å². The molecule has 134 valence electrons. The molecule has 2 heteroatoms. The second-order valence-corrected chi connectivity index (χ2v) is 7.02. The fourth-order valence-corrected chi connectivity index (χ4v) is 3.27. The Morgan fingerprint density at radius 3 is 1.59 bits per heavy atom. The van der Waals surface area contributed by atoms with Crippen molar-refractivity contribution in [2.75, 3.05) is 26.2 Å². The first-order chi connectivity index (χ1) is 10.7. The van der Waals surface area contributed by atoms with Crippen molar-refractivity contribution in [1.29, 1.82) is 0 Å². The van der Waals surface area contributed by atoms with E-state index in [-0.39, 0.29) is 0 Å². The molecule has 0 aromatic carbocycles. The van der Waals surface area contributed by atoms with E-state index in [9.17, 15) is 0 Å². The maximum atomic E-state index is 9.05. The van der Waals surface area contributed by atoms with Crippen LogP contribution in [0.4, 0.5) is 0 Å². The van der Waals surface area contributed by atoms with Gasteiger partial charge in [0.25, 0.3) is 0 Å². The van der Waals surface area contributed by atoms with Crippen LogP contribution in [0.15, 0.2) is 0 Å². The minimum Gasteiger partial charge on any atom is -0.396 e. The molecule has 2 nitrogen and oxygen atoms in total. The molecule has 1 N–H and O–H groups in total. The number of nitrogens with zero attached hydrogens (tertiary/aromatic N) is 1. The fourth-order valence-electron chi connectivity index (χ4n) is 3.27. The maximum Gasteiger partial charge on any atom is 0.0431 e. The molecule has 0 radical (unpaired) electrons. The molecule has 0 saturated carbocycles. The van der Waals surface area contributed by atoms with E-state index in [0.29, 0.717) is 6.61 Å². The van der Waals surface area contributed by atoms with Gasteiger partial charge in [-0.25, -0.2) is 0 Å². The highest BCUT2D eigenvalue weighted by atomic mass is 16.2. The molecule has 0 aromatic rings. The lowest BCUT2D eigenvalue weighted by Gasteiger charge is -2.30. The first kappa shape index (κ1) is 21.9. The molecule has 0 fully saturated rings. The molecule has 2 atom stereocenters. The Labute approximate surface area is 140 Å². The number of rotatable bonds is 16. The second kappa shape index (κ2) is 15.8. The van der Waals surface area contributed by atoms with Gasteiger partial charge in [0.05, 0.1) is 0 Å². The number of unbranched alkanes of at least 4 members (excludes halogenated alkanes) is 3. The predicted molar refractivity (Wildman–Crippen MR) is 99.4 cm³/mol. The lowest BCUT2D eigenvalue weighted by molar-refractivity contribution is 0.173. The second-order valence-electron chi connectivity index (χ2n) is 7.02. The summed E-state index contributed by atoms with van der Waals surface area (Å²) in [6.07, 6.45) is 12.9. The standard InChI is InChI=1S/C20H43NO/c1-5-9-13-19(7-3)17-21(15-11-12-16-22)18-20(8-4)14-10-6-2/h19-20,22H,5-18H2,1-4H3. The van der Waals surface area contributed by atoms with Gasteiger partial charge >= 0.3 is 0 Å². The van der Waals surface area contributed by atoms with Gasteiger partial charge in [0.15, 0.2) is 0 Å². The highest BCUT2D eigenvalue weighted by Gasteiger charge is 2.16. The summed E-state index contributed by atoms with van der Waals surface area (Å²) >= 11 is 0. The van der Waals surface area contributed by atoms with Crippen LogP contribution in [0.1, 0.15) is 91.9 Å². The van der Waals surface area contributed by atoms with E-state index < -0.39 is 0 Å². The Morgan fingerprint density at radius 2 is 1.23 bits per heavy atom. The van der Waals surface area contributed by atoms with Crippen molar-refractivity contribution in [2.24, 2.45) is 11.8 Å². The average Bonchev–Trinajstić information content (AvgIpc) is 2.54. The summed E-state index contributed by atoms with van der Waals surface area (Å²) in [6, 6.07) is 0. The van der Waals surface area contributed by atoms with Gasteiger partial charge in [-0.05, 0) is 44.1 Å². The Morgan fingerprint density at radius 1 is 0.727 bits per heavy atom. The summed E-state index contributed by atoms with van der Waals surface area (Å²) in [5.41, 5.74) is 0. The van der Waals surface area contributed by atoms with E-state index >= 15 is 0 Å². The van der Waals surface area contributed by atoms with Gasteiger partial charge in [-0.15, -0.1) is 0 Å². The molecule has 0 bridgehead atoms. The van der Waals surface area contributed by atoms with Crippen molar-refractivity contribution in [3.63, 3.8) is 0 Å². The Bertz CT molecular complexity index is 202. The van der Waals surface area contributed by atoms with Crippen molar-refractivity contribution in [2.45, 2.75) is 91.9 Å². The fraction of sp³-hybridized carbons (Fsp3) is 1.00. The molecule has 0 heterocycles. The zero-order valence-electron chi connectivity index (χ0n) is 15.9. The highest BCUT2D eigenvalue weighted by molar-refractivity contribution is 4.70. The van der Waals surface area contributed by atoms with Crippen LogP contribution < -0.4 is 0 Å². The predicted octanol–water partition coefficient (Wildman–Crippen LogP) is 5.49. The van der Waals surface area contributed by atoms with Gasteiger partial charge < -0.3 is 10.0 Å². The van der Waals surface area contributed by atoms with Crippen molar-refractivity contribution in [1.82, 2.24) is 4.90 Å². The lowest BCUT2D eigenvalue weighted by atomic mass is 9.95. The van der Waals surface area contributed by atoms with Crippen molar-refractivity contribution < 1.29 is 5.11 Å². The zero-order valence-corrected chi connectivity index (χ0v) is 15.9. The maximum absolute atomic E-state index is 9.05. The average molecular weight is 314 g/mol. The molecule has 0 aliphatic carbocycles. The van der Waals surface area contributed by atoms with E-state index in [1.165, 1.54) is 71.0 Å². The van der Waals surface area contributed by atoms with Gasteiger partial charge in [0.1, 0.15) is 0 Å². The summed E-state index contributed by atoms with van der Waals surface area (Å²) in [6.45, 7) is 13.3. The molecule has 22 heavy (non-hydrogen) atoms. The molecule has 0 rings (SSSR count). The van der Waals surface area contributed by atoms with E-state index in [4.69, 9.17) is 5.11 Å². The molecule has 2 unspecified atom stereocenters. The normalized spacial score (nSPS) is 14.5. The molecule has 0 aliphatic heterocycles. The van der Waals surface area contributed by atoms with Gasteiger partial charge in [-0.1, -0.05) is 66.2 Å². The molecule has 0 aliphatic rings. The van der Waals surface area contributed by atoms with Gasteiger partial charge in [-0.2, -0.15) is 0 Å². The van der Waals surface area contributed by atoms with E-state index in [1.807, 2.05) is 0 Å². The SMILES string of the molecule is CCCCC(CC)CN(CCCCO)CC(CC)CCCC. The molecular formula is C20H43NO. The number of aliphatic hydroxyl groups is 1. The van der Waals surface area contributed by atoms with Gasteiger partial charge in [0, 0.05) is 19.7 Å². The third kappa shape index (κ3) is 11.5. The lowest BCUT2D eigenvalue weighted by Crippen LogP contribution is -2.35. The van der Waals surface area contributed by atoms with Crippen molar-refractivity contribution in [3.05, 3.63) is 0 Å². The summed E-state index contributed by atoms with van der Waals surface area (Å²) in [5.74, 6) is 1.72. The number of hydrogen-bond donors (Lipinski definition) is 1. The van der Waals surface area contributed by atoms with E-state index in [0.717, 1.165) is 24.7 Å². The first-order valence-electron chi connectivity index (χ1n) is 10.0. The Balaban J connectivity index is 4.42. The molecule has 0 spiro atoms. The number of aliphatic hydroxyl groups excluding tert-OH is 1. The van der Waals surface area contributed by atoms with Crippen LogP contribution in [0.5, 0.6) is 0 Å². The summed E-state index contributed by atoms with van der Waals surface area (Å²) in [4.78, 5) is 2.71. The highest BCUT2D eigenvalue weighted by Crippen LogP contribution is 2.19. The van der Waals surface area contributed by atoms with Gasteiger partial charge in [-0.3, -0.25) is 0 Å². The summed E-state index contributed by atoms with van der Waals surface area (Å²) in [7, 11) is 0. The molecule has 0 aromatic heterocycles. The smallest absolute Gasteiger partial charge is 0.0431 e. The minimum absolute atomic E-state index is 0.341. The van der Waals surface area contributed by atoms with Crippen LogP contribution in [0.2, 0.25) is 0 Å². The topological polar surface area (TPSA) is 23.5 Å². The Hall–Kier alpha value is -0.0800. The van der Waals surface area contributed by atoms with E-state index in [1.54, 1.807) is 0 Å². The van der Waals surface area contributed by atoms with Crippen LogP contribution in [0.25, 0.3) is 0 Å². The third-order valence-electron chi connectivity index (χ3n) is 5.00. The zero-order chi connectivity index (χ0) is 16.6. The quantitative estimate of drug-likeness (QED) is 0.381. The van der Waals surface area contributed by atoms with Crippen LogP contribution in [-0.4, -0.2) is 36.2 Å². The van der Waals surface area contributed by atoms with Crippen molar-refractivity contribution in [3.8, 4) is 0 Å². The molecule has 0 amide bonds. The largest absolute Gasteiger partial charge is 0.396 e. The van der Waals surface area contributed by atoms with Crippen molar-refractivity contribution >= 4 is 0 Å². The minimum atomic E-state index is 0.341. The molecule has 0 saturated heterocycles. The third-order valence-corrected chi connectivity index (χ3v) is 5.00. The van der Waals surface area contributed by atoms with Crippen LogP contribution in [-0.2, 0) is 0 Å². The molecular weight excluding hydrogens is 270 g/mol. The summed E-state index contributed by atoms with van der Waals surface area (Å²) < 4.78 is 0. The van der Waals surface area contributed by atoms with Gasteiger partial charge in [0.2, 0.25) is 0 Å². The number of hydrogen-bond acceptors (Lipinski definition) is 2. The van der Waals surface area contributed by atoms with Crippen LogP contribution >= 0.6 is 0 Å². The van der Waals surface area contributed by atoms with E-state index in [2.05, 4.69) is 32.6 Å². The summed E-state index contributed by atoms with van der Waals surface area (Å²) in [5, 5.41) is 9.05.